The molecule has 2 atom stereocenters. The predicted molar refractivity (Wildman–Crippen MR) is 102 cm³/mol. The van der Waals surface area contributed by atoms with E-state index in [1.165, 1.54) is 12.5 Å². The molecule has 1 heterocycles. The van der Waals surface area contributed by atoms with Crippen LogP contribution in [0.2, 0.25) is 0 Å². The molecule has 7 nitrogen and oxygen atoms in total. The van der Waals surface area contributed by atoms with Crippen molar-refractivity contribution in [2.75, 3.05) is 17.7 Å². The van der Waals surface area contributed by atoms with Crippen LogP contribution >= 0.6 is 0 Å². The van der Waals surface area contributed by atoms with Crippen LogP contribution in [0, 0.1) is 12.8 Å². The molecule has 2 N–H and O–H groups in total. The number of carbonyl (C=O) groups is 2. The lowest BCUT2D eigenvalue weighted by Crippen LogP contribution is -2.41. The third-order valence-electron chi connectivity index (χ3n) is 5.30. The number of ether oxygens (including phenoxy) is 1. The third kappa shape index (κ3) is 4.61. The fourth-order valence-electron chi connectivity index (χ4n) is 3.70. The Hall–Kier alpha value is -2.09. The van der Waals surface area contributed by atoms with E-state index >= 15 is 0 Å². The molecule has 1 saturated carbocycles. The molecule has 27 heavy (non-hydrogen) atoms. The van der Waals surface area contributed by atoms with Crippen LogP contribution in [-0.4, -0.2) is 38.6 Å². The zero-order chi connectivity index (χ0) is 19.6. The Morgan fingerprint density at radius 3 is 2.78 bits per heavy atom. The molecule has 0 unspecified atom stereocenters. The fourth-order valence-corrected chi connectivity index (χ4v) is 5.21. The van der Waals surface area contributed by atoms with Gasteiger partial charge in [0.1, 0.15) is 5.75 Å². The van der Waals surface area contributed by atoms with E-state index in [4.69, 9.17) is 4.74 Å². The SMILES string of the molecule is Cc1cc2c(cc1S(=O)(=O)CCC(=O)N[C@@H]1CCCC[C@H]1C)OCC(=O)N2. The molecule has 1 aromatic rings. The molecule has 1 aliphatic carbocycles. The molecule has 0 aromatic heterocycles. The lowest BCUT2D eigenvalue weighted by molar-refractivity contribution is -0.122. The molecule has 2 amide bonds. The summed E-state index contributed by atoms with van der Waals surface area (Å²) in [4.78, 5) is 23.8. The highest BCUT2D eigenvalue weighted by Gasteiger charge is 2.26. The smallest absolute Gasteiger partial charge is 0.262 e. The van der Waals surface area contributed by atoms with Crippen LogP contribution in [0.1, 0.15) is 44.6 Å². The molecule has 0 radical (unpaired) electrons. The Labute approximate surface area is 159 Å². The molecule has 1 aromatic carbocycles. The van der Waals surface area contributed by atoms with Crippen LogP contribution in [0.4, 0.5) is 5.69 Å². The number of sulfone groups is 1. The van der Waals surface area contributed by atoms with Gasteiger partial charge in [0, 0.05) is 18.5 Å². The van der Waals surface area contributed by atoms with Crippen molar-refractivity contribution in [3.63, 3.8) is 0 Å². The van der Waals surface area contributed by atoms with Gasteiger partial charge in [-0.05, 0) is 37.3 Å². The molecule has 148 valence electrons. The first kappa shape index (κ1) is 19.7. The van der Waals surface area contributed by atoms with Crippen LogP contribution in [0.3, 0.4) is 0 Å². The van der Waals surface area contributed by atoms with Gasteiger partial charge in [0.2, 0.25) is 5.91 Å². The van der Waals surface area contributed by atoms with Crippen molar-refractivity contribution in [1.29, 1.82) is 0 Å². The molecular formula is C19H26N2O5S. The minimum Gasteiger partial charge on any atom is -0.482 e. The summed E-state index contributed by atoms with van der Waals surface area (Å²) in [6, 6.07) is 3.15. The van der Waals surface area contributed by atoms with Gasteiger partial charge in [-0.2, -0.15) is 0 Å². The van der Waals surface area contributed by atoms with Crippen molar-refractivity contribution in [3.8, 4) is 5.75 Å². The van der Waals surface area contributed by atoms with Crippen LogP contribution in [0.5, 0.6) is 5.75 Å². The van der Waals surface area contributed by atoms with Crippen molar-refractivity contribution in [1.82, 2.24) is 5.32 Å². The highest BCUT2D eigenvalue weighted by Crippen LogP contribution is 2.33. The Bertz CT molecular complexity index is 850. The second kappa shape index (κ2) is 7.88. The van der Waals surface area contributed by atoms with E-state index in [1.54, 1.807) is 13.0 Å². The topological polar surface area (TPSA) is 102 Å². The normalized spacial score (nSPS) is 22.4. The predicted octanol–water partition coefficient (Wildman–Crippen LogP) is 2.18. The zero-order valence-electron chi connectivity index (χ0n) is 15.7. The maximum atomic E-state index is 12.7. The van der Waals surface area contributed by atoms with E-state index in [9.17, 15) is 18.0 Å². The molecule has 1 aliphatic heterocycles. The summed E-state index contributed by atoms with van der Waals surface area (Å²) >= 11 is 0. The monoisotopic (exact) mass is 394 g/mol. The standard InChI is InChI=1S/C19H26N2O5S/c1-12-5-3-4-6-14(12)20-18(22)7-8-27(24,25)17-10-16-15(9-13(17)2)21-19(23)11-26-16/h9-10,12,14H,3-8,11H2,1-2H3,(H,20,22)(H,21,23)/t12-,14-/m1/s1. The van der Waals surface area contributed by atoms with E-state index < -0.39 is 9.84 Å². The number of nitrogens with one attached hydrogen (secondary N) is 2. The van der Waals surface area contributed by atoms with Gasteiger partial charge in [-0.1, -0.05) is 19.8 Å². The third-order valence-corrected chi connectivity index (χ3v) is 7.15. The summed E-state index contributed by atoms with van der Waals surface area (Å²) in [7, 11) is -3.64. The summed E-state index contributed by atoms with van der Waals surface area (Å²) in [6.07, 6.45) is 4.25. The summed E-state index contributed by atoms with van der Waals surface area (Å²) in [6.45, 7) is 3.64. The van der Waals surface area contributed by atoms with Crippen molar-refractivity contribution in [3.05, 3.63) is 17.7 Å². The highest BCUT2D eigenvalue weighted by molar-refractivity contribution is 7.91. The number of amides is 2. The van der Waals surface area contributed by atoms with Crippen molar-refractivity contribution in [2.24, 2.45) is 5.92 Å². The van der Waals surface area contributed by atoms with Gasteiger partial charge in [0.15, 0.2) is 16.4 Å². The molecule has 8 heteroatoms. The number of hydrogen-bond donors (Lipinski definition) is 2. The average Bonchev–Trinajstić information content (AvgIpc) is 2.61. The minimum absolute atomic E-state index is 0.0698. The molecule has 3 rings (SSSR count). The minimum atomic E-state index is -3.64. The Morgan fingerprint density at radius 1 is 1.30 bits per heavy atom. The van der Waals surface area contributed by atoms with Gasteiger partial charge >= 0.3 is 0 Å². The number of rotatable bonds is 5. The first-order chi connectivity index (χ1) is 12.8. The van der Waals surface area contributed by atoms with Crippen LogP contribution in [0.15, 0.2) is 17.0 Å². The van der Waals surface area contributed by atoms with Crippen molar-refractivity contribution >= 4 is 27.3 Å². The molecule has 1 fully saturated rings. The molecular weight excluding hydrogens is 368 g/mol. The summed E-state index contributed by atoms with van der Waals surface area (Å²) < 4.78 is 30.8. The molecule has 0 saturated heterocycles. The first-order valence-electron chi connectivity index (χ1n) is 9.35. The number of hydrogen-bond acceptors (Lipinski definition) is 5. The van der Waals surface area contributed by atoms with E-state index in [2.05, 4.69) is 17.6 Å². The number of carbonyl (C=O) groups excluding carboxylic acids is 2. The lowest BCUT2D eigenvalue weighted by Gasteiger charge is -2.29. The quantitative estimate of drug-likeness (QED) is 0.797. The molecule has 0 spiro atoms. The number of benzene rings is 1. The van der Waals surface area contributed by atoms with Gasteiger partial charge in [-0.15, -0.1) is 0 Å². The summed E-state index contributed by atoms with van der Waals surface area (Å²) in [5.74, 6) is 0.00253. The van der Waals surface area contributed by atoms with Gasteiger partial charge in [0.25, 0.3) is 5.91 Å². The van der Waals surface area contributed by atoms with Gasteiger partial charge in [-0.25, -0.2) is 8.42 Å². The average molecular weight is 394 g/mol. The second-order valence-corrected chi connectivity index (χ2v) is 9.53. The summed E-state index contributed by atoms with van der Waals surface area (Å²) in [5.41, 5.74) is 0.979. The van der Waals surface area contributed by atoms with Gasteiger partial charge < -0.3 is 15.4 Å². The Balaban J connectivity index is 1.66. The number of anilines is 1. The van der Waals surface area contributed by atoms with Crippen LogP contribution in [-0.2, 0) is 19.4 Å². The maximum Gasteiger partial charge on any atom is 0.262 e. The van der Waals surface area contributed by atoms with E-state index in [-0.39, 0.29) is 41.5 Å². The van der Waals surface area contributed by atoms with E-state index in [1.807, 2.05) is 0 Å². The maximum absolute atomic E-state index is 12.7. The van der Waals surface area contributed by atoms with Gasteiger partial charge in [0.05, 0.1) is 16.3 Å². The molecule has 2 aliphatic rings. The van der Waals surface area contributed by atoms with E-state index in [0.717, 1.165) is 19.3 Å². The highest BCUT2D eigenvalue weighted by atomic mass is 32.2. The van der Waals surface area contributed by atoms with Crippen LogP contribution in [0.25, 0.3) is 0 Å². The number of aryl methyl sites for hydroxylation is 1. The van der Waals surface area contributed by atoms with Gasteiger partial charge in [-0.3, -0.25) is 9.59 Å². The Morgan fingerprint density at radius 2 is 2.04 bits per heavy atom. The first-order valence-corrected chi connectivity index (χ1v) is 11.0. The lowest BCUT2D eigenvalue weighted by atomic mass is 9.86. The molecule has 0 bridgehead atoms. The van der Waals surface area contributed by atoms with Crippen molar-refractivity contribution < 1.29 is 22.7 Å². The van der Waals surface area contributed by atoms with Crippen LogP contribution < -0.4 is 15.4 Å². The summed E-state index contributed by atoms with van der Waals surface area (Å²) in [5, 5.41) is 5.64. The fraction of sp³-hybridized carbons (Fsp3) is 0.579. The second-order valence-electron chi connectivity index (χ2n) is 7.46. The zero-order valence-corrected chi connectivity index (χ0v) is 16.5. The largest absolute Gasteiger partial charge is 0.482 e. The van der Waals surface area contributed by atoms with Crippen molar-refractivity contribution in [2.45, 2.75) is 56.9 Å². The number of fused-ring (bicyclic) bond motifs is 1. The van der Waals surface area contributed by atoms with E-state index in [0.29, 0.717) is 22.9 Å². The Kier molecular flexibility index (Phi) is 5.74.